The van der Waals surface area contributed by atoms with Crippen molar-refractivity contribution in [2.75, 3.05) is 7.11 Å². The van der Waals surface area contributed by atoms with E-state index in [1.54, 1.807) is 0 Å². The highest BCUT2D eigenvalue weighted by Gasteiger charge is 1.85. The molecule has 0 aromatic rings. The fraction of sp³-hybridized carbons (Fsp3) is 0.143. The Hall–Kier alpha value is -1.38. The summed E-state index contributed by atoms with van der Waals surface area (Å²) in [5.41, 5.74) is 0. The van der Waals surface area contributed by atoms with E-state index in [4.69, 9.17) is 0 Å². The minimum atomic E-state index is -0.435. The molecular weight excluding hydrogens is 132 g/mol. The Bertz CT molecular complexity index is 168. The second-order valence-electron chi connectivity index (χ2n) is 1.40. The molecule has 0 bridgehead atoms. The zero-order valence-electron chi connectivity index (χ0n) is 5.61. The van der Waals surface area contributed by atoms with Crippen LogP contribution in [0, 0.1) is 0 Å². The third kappa shape index (κ3) is 4.77. The summed E-state index contributed by atoms with van der Waals surface area (Å²) in [6.07, 6.45) is 6.01. The Morgan fingerprint density at radius 3 is 2.50 bits per heavy atom. The van der Waals surface area contributed by atoms with E-state index in [1.807, 2.05) is 0 Å². The molecule has 10 heavy (non-hydrogen) atoms. The van der Waals surface area contributed by atoms with Crippen molar-refractivity contribution >= 4 is 12.3 Å². The molecule has 0 aromatic heterocycles. The highest BCUT2D eigenvalue weighted by molar-refractivity contribution is 5.82. The van der Waals surface area contributed by atoms with E-state index in [1.165, 1.54) is 31.4 Å². The summed E-state index contributed by atoms with van der Waals surface area (Å²) >= 11 is 0. The van der Waals surface area contributed by atoms with Gasteiger partial charge in [0.05, 0.1) is 7.11 Å². The fourth-order valence-corrected chi connectivity index (χ4v) is 0.312. The Labute approximate surface area is 59.0 Å². The molecule has 54 valence electrons. The van der Waals surface area contributed by atoms with E-state index >= 15 is 0 Å². The first-order valence-electron chi connectivity index (χ1n) is 2.67. The van der Waals surface area contributed by atoms with Crippen LogP contribution < -0.4 is 0 Å². The number of rotatable bonds is 3. The minimum Gasteiger partial charge on any atom is -0.466 e. The maximum absolute atomic E-state index is 10.3. The molecule has 0 aliphatic carbocycles. The quantitative estimate of drug-likeness (QED) is 0.248. The fourth-order valence-electron chi connectivity index (χ4n) is 0.312. The van der Waals surface area contributed by atoms with Crippen LogP contribution in [0.25, 0.3) is 0 Å². The van der Waals surface area contributed by atoms with Crippen LogP contribution in [0.4, 0.5) is 0 Å². The first-order valence-corrected chi connectivity index (χ1v) is 2.67. The smallest absolute Gasteiger partial charge is 0.330 e. The van der Waals surface area contributed by atoms with E-state index in [-0.39, 0.29) is 0 Å². The summed E-state index contributed by atoms with van der Waals surface area (Å²) in [7, 11) is 1.29. The molecule has 0 fully saturated rings. The molecule has 0 amide bonds. The largest absolute Gasteiger partial charge is 0.466 e. The van der Waals surface area contributed by atoms with Gasteiger partial charge in [0.25, 0.3) is 0 Å². The average Bonchev–Trinajstić information content (AvgIpc) is 1.98. The van der Waals surface area contributed by atoms with E-state index in [0.29, 0.717) is 6.29 Å². The lowest BCUT2D eigenvalue weighted by molar-refractivity contribution is -0.134. The van der Waals surface area contributed by atoms with Crippen LogP contribution in [0.15, 0.2) is 24.3 Å². The molecule has 0 atom stereocenters. The first kappa shape index (κ1) is 8.62. The lowest BCUT2D eigenvalue weighted by atomic mass is 10.4. The number of carbonyl (C=O) groups is 2. The normalized spacial score (nSPS) is 10.5. The van der Waals surface area contributed by atoms with Crippen LogP contribution in [0.1, 0.15) is 0 Å². The van der Waals surface area contributed by atoms with E-state index < -0.39 is 5.97 Å². The van der Waals surface area contributed by atoms with E-state index in [9.17, 15) is 9.59 Å². The van der Waals surface area contributed by atoms with Gasteiger partial charge in [-0.1, -0.05) is 12.2 Å². The Morgan fingerprint density at radius 1 is 1.30 bits per heavy atom. The van der Waals surface area contributed by atoms with Crippen LogP contribution >= 0.6 is 0 Å². The molecule has 0 heterocycles. The van der Waals surface area contributed by atoms with Gasteiger partial charge in [0, 0.05) is 6.08 Å². The monoisotopic (exact) mass is 140 g/mol. The van der Waals surface area contributed by atoms with Crippen molar-refractivity contribution in [3.05, 3.63) is 24.3 Å². The molecule has 0 radical (unpaired) electrons. The maximum Gasteiger partial charge on any atom is 0.330 e. The zero-order valence-corrected chi connectivity index (χ0v) is 5.61. The molecule has 0 aliphatic heterocycles. The SMILES string of the molecule is COC(=O)/C=C\C=C\C=O. The second-order valence-corrected chi connectivity index (χ2v) is 1.40. The van der Waals surface area contributed by atoms with Crippen LogP contribution in [0.3, 0.4) is 0 Å². The molecule has 0 saturated carbocycles. The van der Waals surface area contributed by atoms with Gasteiger partial charge in [0.1, 0.15) is 6.29 Å². The molecule has 3 heteroatoms. The van der Waals surface area contributed by atoms with Gasteiger partial charge in [-0.3, -0.25) is 4.79 Å². The molecule has 0 aliphatic rings. The lowest BCUT2D eigenvalue weighted by Gasteiger charge is -1.85. The Morgan fingerprint density at radius 2 is 2.00 bits per heavy atom. The second kappa shape index (κ2) is 5.75. The van der Waals surface area contributed by atoms with Crippen LogP contribution in [-0.2, 0) is 14.3 Å². The predicted octanol–water partition coefficient (Wildman–Crippen LogP) is 0.471. The van der Waals surface area contributed by atoms with Crippen molar-refractivity contribution in [2.24, 2.45) is 0 Å². The number of esters is 1. The molecular formula is C7H8O3. The molecule has 0 unspecified atom stereocenters. The van der Waals surface area contributed by atoms with Crippen LogP contribution in [-0.4, -0.2) is 19.4 Å². The summed E-state index contributed by atoms with van der Waals surface area (Å²) in [6, 6.07) is 0. The van der Waals surface area contributed by atoms with Crippen molar-refractivity contribution in [3.63, 3.8) is 0 Å². The van der Waals surface area contributed by atoms with Crippen LogP contribution in [0.2, 0.25) is 0 Å². The third-order valence-electron chi connectivity index (χ3n) is 0.734. The van der Waals surface area contributed by atoms with Gasteiger partial charge in [-0.05, 0) is 6.08 Å². The Kier molecular flexibility index (Phi) is 4.96. The number of hydrogen-bond acceptors (Lipinski definition) is 3. The zero-order chi connectivity index (χ0) is 7.82. The summed E-state index contributed by atoms with van der Waals surface area (Å²) in [6.45, 7) is 0. The molecule has 3 nitrogen and oxygen atoms in total. The summed E-state index contributed by atoms with van der Waals surface area (Å²) < 4.78 is 4.28. The van der Waals surface area contributed by atoms with Gasteiger partial charge in [-0.25, -0.2) is 4.79 Å². The first-order chi connectivity index (χ1) is 4.81. The van der Waals surface area contributed by atoms with Crippen molar-refractivity contribution in [1.29, 1.82) is 0 Å². The topological polar surface area (TPSA) is 43.4 Å². The standard InChI is InChI=1S/C7H8O3/c1-10-7(9)5-3-2-4-6-8/h2-6H,1H3/b4-2+,5-3-. The van der Waals surface area contributed by atoms with Gasteiger partial charge in [-0.15, -0.1) is 0 Å². The van der Waals surface area contributed by atoms with Gasteiger partial charge in [-0.2, -0.15) is 0 Å². The number of methoxy groups -OCH3 is 1. The highest BCUT2D eigenvalue weighted by atomic mass is 16.5. The van der Waals surface area contributed by atoms with E-state index in [0.717, 1.165) is 0 Å². The number of aldehydes is 1. The number of ether oxygens (including phenoxy) is 1. The third-order valence-corrected chi connectivity index (χ3v) is 0.734. The highest BCUT2D eigenvalue weighted by Crippen LogP contribution is 1.78. The molecule has 0 aromatic carbocycles. The molecule has 0 spiro atoms. The lowest BCUT2D eigenvalue weighted by Crippen LogP contribution is -1.92. The molecule has 0 saturated heterocycles. The maximum atomic E-state index is 10.3. The van der Waals surface area contributed by atoms with Gasteiger partial charge in [0.15, 0.2) is 0 Å². The Balaban J connectivity index is 3.65. The summed E-state index contributed by atoms with van der Waals surface area (Å²) in [5.74, 6) is -0.435. The van der Waals surface area contributed by atoms with Gasteiger partial charge in [0.2, 0.25) is 0 Å². The van der Waals surface area contributed by atoms with Crippen molar-refractivity contribution in [3.8, 4) is 0 Å². The van der Waals surface area contributed by atoms with Gasteiger partial charge >= 0.3 is 5.97 Å². The van der Waals surface area contributed by atoms with Crippen molar-refractivity contribution in [1.82, 2.24) is 0 Å². The number of carbonyl (C=O) groups excluding carboxylic acids is 2. The minimum absolute atomic E-state index is 0.435. The van der Waals surface area contributed by atoms with Crippen molar-refractivity contribution in [2.45, 2.75) is 0 Å². The predicted molar refractivity (Wildman–Crippen MR) is 36.4 cm³/mol. The van der Waals surface area contributed by atoms with Crippen LogP contribution in [0.5, 0.6) is 0 Å². The average molecular weight is 140 g/mol. The molecule has 0 N–H and O–H groups in total. The number of allylic oxidation sites excluding steroid dienone is 3. The van der Waals surface area contributed by atoms with Gasteiger partial charge < -0.3 is 4.74 Å². The van der Waals surface area contributed by atoms with E-state index in [2.05, 4.69) is 4.74 Å². The summed E-state index contributed by atoms with van der Waals surface area (Å²) in [5, 5.41) is 0. The molecule has 0 rings (SSSR count). The van der Waals surface area contributed by atoms with Crippen molar-refractivity contribution < 1.29 is 14.3 Å². The number of hydrogen-bond donors (Lipinski definition) is 0. The summed E-state index contributed by atoms with van der Waals surface area (Å²) in [4.78, 5) is 20.0.